The molecule has 0 bridgehead atoms. The Balaban J connectivity index is 1.84. The summed E-state index contributed by atoms with van der Waals surface area (Å²) in [5, 5.41) is 2.83. The molecule has 26 heavy (non-hydrogen) atoms. The van der Waals surface area contributed by atoms with Gasteiger partial charge in [0.15, 0.2) is 0 Å². The van der Waals surface area contributed by atoms with Crippen LogP contribution in [0.15, 0.2) is 53.5 Å². The minimum atomic E-state index is -0.121. The van der Waals surface area contributed by atoms with E-state index in [1.807, 2.05) is 26.0 Å². The maximum atomic E-state index is 12.3. The zero-order chi connectivity index (χ0) is 18.9. The summed E-state index contributed by atoms with van der Waals surface area (Å²) in [5.41, 5.74) is 1.45. The van der Waals surface area contributed by atoms with E-state index in [0.29, 0.717) is 31.7 Å². The number of aromatic nitrogens is 1. The number of carbonyl (C=O) groups is 2. The highest BCUT2D eigenvalue weighted by atomic mass is 16.2. The van der Waals surface area contributed by atoms with Crippen LogP contribution in [0.4, 0.5) is 0 Å². The van der Waals surface area contributed by atoms with Gasteiger partial charge in [0.25, 0.3) is 11.5 Å². The molecule has 0 unspecified atom stereocenters. The van der Waals surface area contributed by atoms with Crippen molar-refractivity contribution in [1.82, 2.24) is 14.8 Å². The lowest BCUT2D eigenvalue weighted by atomic mass is 10.1. The van der Waals surface area contributed by atoms with Crippen LogP contribution in [0.3, 0.4) is 0 Å². The Morgan fingerprint density at radius 2 is 1.73 bits per heavy atom. The Kier molecular flexibility index (Phi) is 7.14. The van der Waals surface area contributed by atoms with Crippen molar-refractivity contribution in [3.05, 3.63) is 70.1 Å². The average Bonchev–Trinajstić information content (AvgIpc) is 2.67. The zero-order valence-electron chi connectivity index (χ0n) is 15.3. The maximum absolute atomic E-state index is 12.3. The Morgan fingerprint density at radius 1 is 1.04 bits per heavy atom. The number of hydrogen-bond donors (Lipinski definition) is 1. The van der Waals surface area contributed by atoms with Crippen molar-refractivity contribution in [2.24, 2.45) is 0 Å². The molecule has 2 aromatic rings. The first-order valence-corrected chi connectivity index (χ1v) is 8.85. The molecule has 6 nitrogen and oxygen atoms in total. The molecule has 1 aromatic carbocycles. The monoisotopic (exact) mass is 355 g/mol. The molecule has 0 radical (unpaired) electrons. The van der Waals surface area contributed by atoms with E-state index in [4.69, 9.17) is 0 Å². The smallest absolute Gasteiger partial charge is 0.253 e. The number of benzene rings is 1. The van der Waals surface area contributed by atoms with Gasteiger partial charge < -0.3 is 14.8 Å². The molecule has 1 N–H and O–H groups in total. The zero-order valence-corrected chi connectivity index (χ0v) is 15.3. The maximum Gasteiger partial charge on any atom is 0.253 e. The predicted molar refractivity (Wildman–Crippen MR) is 101 cm³/mol. The molecule has 138 valence electrons. The minimum Gasteiger partial charge on any atom is -0.352 e. The molecular formula is C20H25N3O3. The normalized spacial score (nSPS) is 10.4. The van der Waals surface area contributed by atoms with Crippen LogP contribution in [0.1, 0.15) is 36.2 Å². The van der Waals surface area contributed by atoms with E-state index in [2.05, 4.69) is 5.32 Å². The fourth-order valence-corrected chi connectivity index (χ4v) is 2.61. The molecule has 0 aliphatic carbocycles. The highest BCUT2D eigenvalue weighted by Crippen LogP contribution is 2.08. The van der Waals surface area contributed by atoms with Gasteiger partial charge in [0, 0.05) is 50.4 Å². The molecule has 0 aliphatic rings. The lowest BCUT2D eigenvalue weighted by molar-refractivity contribution is -0.121. The first-order chi connectivity index (χ1) is 12.5. The summed E-state index contributed by atoms with van der Waals surface area (Å²) in [7, 11) is 0. The number of nitrogens with zero attached hydrogens (tertiary/aromatic N) is 2. The topological polar surface area (TPSA) is 71.4 Å². The van der Waals surface area contributed by atoms with Gasteiger partial charge in [0.05, 0.1) is 0 Å². The number of pyridine rings is 1. The lowest BCUT2D eigenvalue weighted by Crippen LogP contribution is -2.30. The second-order valence-electron chi connectivity index (χ2n) is 5.93. The largest absolute Gasteiger partial charge is 0.352 e. The molecule has 0 fully saturated rings. The second kappa shape index (κ2) is 9.56. The van der Waals surface area contributed by atoms with E-state index in [1.165, 1.54) is 10.6 Å². The number of rotatable bonds is 8. The van der Waals surface area contributed by atoms with Crippen LogP contribution in [-0.2, 0) is 17.9 Å². The van der Waals surface area contributed by atoms with Gasteiger partial charge in [-0.1, -0.05) is 18.2 Å². The first kappa shape index (κ1) is 19.4. The van der Waals surface area contributed by atoms with Gasteiger partial charge in [-0.3, -0.25) is 14.4 Å². The van der Waals surface area contributed by atoms with E-state index in [1.54, 1.807) is 35.4 Å². The third kappa shape index (κ3) is 5.31. The molecule has 1 heterocycles. The predicted octanol–water partition coefficient (Wildman–Crippen LogP) is 2.04. The summed E-state index contributed by atoms with van der Waals surface area (Å²) in [6.07, 6.45) is 1.91. The van der Waals surface area contributed by atoms with Crippen LogP contribution in [0.2, 0.25) is 0 Å². The van der Waals surface area contributed by atoms with Crippen molar-refractivity contribution in [2.75, 3.05) is 13.1 Å². The van der Waals surface area contributed by atoms with Crippen LogP contribution in [0.5, 0.6) is 0 Å². The van der Waals surface area contributed by atoms with Gasteiger partial charge in [-0.2, -0.15) is 0 Å². The Hall–Kier alpha value is -2.89. The fraction of sp³-hybridized carbons (Fsp3) is 0.350. The van der Waals surface area contributed by atoms with Crippen LogP contribution < -0.4 is 10.9 Å². The third-order valence-corrected chi connectivity index (χ3v) is 4.22. The summed E-state index contributed by atoms with van der Waals surface area (Å²) >= 11 is 0. The van der Waals surface area contributed by atoms with Crippen molar-refractivity contribution in [1.29, 1.82) is 0 Å². The fourth-order valence-electron chi connectivity index (χ4n) is 2.61. The van der Waals surface area contributed by atoms with Crippen molar-refractivity contribution in [3.8, 4) is 0 Å². The van der Waals surface area contributed by atoms with E-state index in [-0.39, 0.29) is 23.8 Å². The van der Waals surface area contributed by atoms with Crippen LogP contribution >= 0.6 is 0 Å². The number of carbonyl (C=O) groups excluding carboxylic acids is 2. The van der Waals surface area contributed by atoms with Gasteiger partial charge in [0.2, 0.25) is 5.91 Å². The molecule has 0 saturated heterocycles. The second-order valence-corrected chi connectivity index (χ2v) is 5.93. The van der Waals surface area contributed by atoms with Crippen molar-refractivity contribution in [3.63, 3.8) is 0 Å². The standard InChI is InChI=1S/C20H25N3O3/c1-3-22(4-2)20(26)17-10-8-16(9-11-17)15-21-18(24)12-14-23-13-6-5-7-19(23)25/h5-11,13H,3-4,12,14-15H2,1-2H3,(H,21,24). The molecule has 0 spiro atoms. The molecule has 0 aliphatic heterocycles. The quantitative estimate of drug-likeness (QED) is 0.788. The van der Waals surface area contributed by atoms with E-state index < -0.39 is 0 Å². The summed E-state index contributed by atoms with van der Waals surface area (Å²) in [5.74, 6) is -0.108. The summed E-state index contributed by atoms with van der Waals surface area (Å²) in [4.78, 5) is 37.6. The summed E-state index contributed by atoms with van der Waals surface area (Å²) in [6, 6.07) is 12.2. The van der Waals surface area contributed by atoms with Crippen LogP contribution in [0.25, 0.3) is 0 Å². The van der Waals surface area contributed by atoms with Crippen LogP contribution in [-0.4, -0.2) is 34.4 Å². The van der Waals surface area contributed by atoms with E-state index in [9.17, 15) is 14.4 Å². The molecule has 2 amide bonds. The minimum absolute atomic E-state index is 0.0129. The molecule has 0 atom stereocenters. The number of aryl methyl sites for hydroxylation is 1. The molecule has 6 heteroatoms. The van der Waals surface area contributed by atoms with Gasteiger partial charge in [0.1, 0.15) is 0 Å². The summed E-state index contributed by atoms with van der Waals surface area (Å²) < 4.78 is 1.51. The van der Waals surface area contributed by atoms with Gasteiger partial charge in [-0.25, -0.2) is 0 Å². The Labute approximate surface area is 153 Å². The number of hydrogen-bond acceptors (Lipinski definition) is 3. The highest BCUT2D eigenvalue weighted by molar-refractivity contribution is 5.94. The van der Waals surface area contributed by atoms with E-state index in [0.717, 1.165) is 5.56 Å². The SMILES string of the molecule is CCN(CC)C(=O)c1ccc(CNC(=O)CCn2ccccc2=O)cc1. The lowest BCUT2D eigenvalue weighted by Gasteiger charge is -2.18. The average molecular weight is 355 g/mol. The summed E-state index contributed by atoms with van der Waals surface area (Å²) in [6.45, 7) is 6.00. The molecule has 0 saturated carbocycles. The van der Waals surface area contributed by atoms with Crippen LogP contribution in [0, 0.1) is 0 Å². The van der Waals surface area contributed by atoms with Gasteiger partial charge in [-0.05, 0) is 37.6 Å². The van der Waals surface area contributed by atoms with Gasteiger partial charge >= 0.3 is 0 Å². The van der Waals surface area contributed by atoms with Crippen molar-refractivity contribution >= 4 is 11.8 Å². The molecule has 2 rings (SSSR count). The first-order valence-electron chi connectivity index (χ1n) is 8.85. The Morgan fingerprint density at radius 3 is 2.35 bits per heavy atom. The third-order valence-electron chi connectivity index (χ3n) is 4.22. The van der Waals surface area contributed by atoms with E-state index >= 15 is 0 Å². The number of amides is 2. The van der Waals surface area contributed by atoms with Crippen molar-refractivity contribution < 1.29 is 9.59 Å². The molecular weight excluding hydrogens is 330 g/mol. The Bertz CT molecular complexity index is 792. The van der Waals surface area contributed by atoms with Crippen molar-refractivity contribution in [2.45, 2.75) is 33.4 Å². The number of nitrogens with one attached hydrogen (secondary N) is 1. The van der Waals surface area contributed by atoms with Gasteiger partial charge in [-0.15, -0.1) is 0 Å². The molecule has 1 aromatic heterocycles. The highest BCUT2D eigenvalue weighted by Gasteiger charge is 2.12.